The van der Waals surface area contributed by atoms with Crippen LogP contribution in [0.5, 0.6) is 0 Å². The summed E-state index contributed by atoms with van der Waals surface area (Å²) in [6.07, 6.45) is 0.322. The summed E-state index contributed by atoms with van der Waals surface area (Å²) in [6, 6.07) is 15.3. The predicted molar refractivity (Wildman–Crippen MR) is 92.3 cm³/mol. The summed E-state index contributed by atoms with van der Waals surface area (Å²) in [5.41, 5.74) is 0.475. The summed E-state index contributed by atoms with van der Waals surface area (Å²) in [4.78, 5) is 17.0. The molecule has 0 unspecified atom stereocenters. The van der Waals surface area contributed by atoms with E-state index in [1.54, 1.807) is 43.4 Å². The number of aromatic nitrogens is 2. The largest absolute Gasteiger partial charge is 0.299 e. The molecule has 6 nitrogen and oxygen atoms in total. The molecule has 0 bridgehead atoms. The number of nitrogens with zero attached hydrogens (tertiary/aromatic N) is 2. The lowest BCUT2D eigenvalue weighted by Crippen LogP contribution is -2.29. The molecular weight excluding hydrogens is 326 g/mol. The molecule has 2 aromatic carbocycles. The van der Waals surface area contributed by atoms with Crippen molar-refractivity contribution in [1.29, 1.82) is 0 Å². The number of rotatable bonds is 5. The molecule has 0 fully saturated rings. The van der Waals surface area contributed by atoms with E-state index in [-0.39, 0.29) is 17.0 Å². The van der Waals surface area contributed by atoms with Gasteiger partial charge in [-0.2, -0.15) is 0 Å². The fraction of sp³-hybridized carbons (Fsp3) is 0.176. The molecule has 3 aromatic rings. The minimum Gasteiger partial charge on any atom is -0.299 e. The molecule has 1 aromatic heterocycles. The highest BCUT2D eigenvalue weighted by Gasteiger charge is 2.13. The van der Waals surface area contributed by atoms with Crippen molar-refractivity contribution in [2.45, 2.75) is 11.3 Å². The van der Waals surface area contributed by atoms with E-state index in [2.05, 4.69) is 9.71 Å². The van der Waals surface area contributed by atoms with Gasteiger partial charge in [-0.05, 0) is 24.3 Å². The van der Waals surface area contributed by atoms with Crippen molar-refractivity contribution in [2.24, 2.45) is 7.05 Å². The minimum absolute atomic E-state index is 0.137. The average Bonchev–Trinajstić information content (AvgIpc) is 2.60. The molecule has 1 heterocycles. The van der Waals surface area contributed by atoms with Crippen LogP contribution in [-0.2, 0) is 23.5 Å². The molecule has 3 rings (SSSR count). The van der Waals surface area contributed by atoms with Crippen LogP contribution >= 0.6 is 0 Å². The first-order valence-corrected chi connectivity index (χ1v) is 8.97. The number of fused-ring (bicyclic) bond motifs is 1. The molecule has 1 N–H and O–H groups in total. The van der Waals surface area contributed by atoms with Crippen LogP contribution in [0.25, 0.3) is 10.9 Å². The summed E-state index contributed by atoms with van der Waals surface area (Å²) in [6.45, 7) is 0.163. The number of hydrogen-bond donors (Lipinski definition) is 1. The lowest BCUT2D eigenvalue weighted by Gasteiger charge is -2.10. The Hall–Kier alpha value is -2.51. The number of benzene rings is 2. The minimum atomic E-state index is -3.56. The Morgan fingerprint density at radius 1 is 1.04 bits per heavy atom. The molecular formula is C17H17N3O3S. The van der Waals surface area contributed by atoms with E-state index in [1.807, 2.05) is 6.07 Å². The van der Waals surface area contributed by atoms with Gasteiger partial charge in [0.05, 0.1) is 15.8 Å². The van der Waals surface area contributed by atoms with Gasteiger partial charge in [0.25, 0.3) is 5.56 Å². The highest BCUT2D eigenvalue weighted by molar-refractivity contribution is 7.89. The Morgan fingerprint density at radius 3 is 2.46 bits per heavy atom. The monoisotopic (exact) mass is 343 g/mol. The summed E-state index contributed by atoms with van der Waals surface area (Å²) in [7, 11) is -1.92. The average molecular weight is 343 g/mol. The molecule has 0 saturated heterocycles. The standard InChI is InChI=1S/C17H17N3O3S/c1-20-16(19-15-10-6-5-9-14(15)17(20)21)11-12-18-24(22,23)13-7-3-2-4-8-13/h2-10,18H,11-12H2,1H3. The van der Waals surface area contributed by atoms with E-state index in [0.717, 1.165) is 0 Å². The molecule has 24 heavy (non-hydrogen) atoms. The highest BCUT2D eigenvalue weighted by Crippen LogP contribution is 2.09. The number of sulfonamides is 1. The predicted octanol–water partition coefficient (Wildman–Crippen LogP) is 1.45. The van der Waals surface area contributed by atoms with Crippen molar-refractivity contribution in [2.75, 3.05) is 6.54 Å². The Labute approximate surface area is 139 Å². The first kappa shape index (κ1) is 16.4. The lowest BCUT2D eigenvalue weighted by atomic mass is 10.2. The third kappa shape index (κ3) is 3.22. The van der Waals surface area contributed by atoms with E-state index in [4.69, 9.17) is 0 Å². The van der Waals surface area contributed by atoms with E-state index in [1.165, 1.54) is 16.7 Å². The zero-order valence-electron chi connectivity index (χ0n) is 13.1. The molecule has 0 spiro atoms. The summed E-state index contributed by atoms with van der Waals surface area (Å²) >= 11 is 0. The third-order valence-corrected chi connectivity index (χ3v) is 5.25. The van der Waals surface area contributed by atoms with Crippen LogP contribution in [0.2, 0.25) is 0 Å². The van der Waals surface area contributed by atoms with Crippen LogP contribution in [0, 0.1) is 0 Å². The van der Waals surface area contributed by atoms with E-state index >= 15 is 0 Å². The maximum absolute atomic E-state index is 12.3. The van der Waals surface area contributed by atoms with Gasteiger partial charge in [-0.1, -0.05) is 30.3 Å². The van der Waals surface area contributed by atoms with Gasteiger partial charge in [-0.25, -0.2) is 18.1 Å². The maximum Gasteiger partial charge on any atom is 0.261 e. The van der Waals surface area contributed by atoms with E-state index < -0.39 is 10.0 Å². The zero-order chi connectivity index (χ0) is 17.2. The SMILES string of the molecule is Cn1c(CCNS(=O)(=O)c2ccccc2)nc2ccccc2c1=O. The van der Waals surface area contributed by atoms with Crippen molar-refractivity contribution in [3.8, 4) is 0 Å². The fourth-order valence-electron chi connectivity index (χ4n) is 2.47. The lowest BCUT2D eigenvalue weighted by molar-refractivity contribution is 0.579. The molecule has 0 aliphatic rings. The number of para-hydroxylation sites is 1. The zero-order valence-corrected chi connectivity index (χ0v) is 14.0. The summed E-state index contributed by atoms with van der Waals surface area (Å²) in [5, 5.41) is 0.550. The van der Waals surface area contributed by atoms with Gasteiger partial charge in [0, 0.05) is 20.0 Å². The number of hydrogen-bond acceptors (Lipinski definition) is 4. The second-order valence-corrected chi connectivity index (χ2v) is 7.14. The molecule has 0 radical (unpaired) electrons. The van der Waals surface area contributed by atoms with Crippen LogP contribution in [0.1, 0.15) is 5.82 Å². The van der Waals surface area contributed by atoms with Crippen molar-refractivity contribution in [3.63, 3.8) is 0 Å². The first-order chi connectivity index (χ1) is 11.5. The van der Waals surface area contributed by atoms with Gasteiger partial charge in [0.2, 0.25) is 10.0 Å². The van der Waals surface area contributed by atoms with Crippen LogP contribution in [-0.4, -0.2) is 24.5 Å². The maximum atomic E-state index is 12.3. The second kappa shape index (κ2) is 6.54. The smallest absolute Gasteiger partial charge is 0.261 e. The van der Waals surface area contributed by atoms with Crippen molar-refractivity contribution in [3.05, 3.63) is 70.8 Å². The Balaban J connectivity index is 1.79. The van der Waals surface area contributed by atoms with Crippen LogP contribution in [0.4, 0.5) is 0 Å². The molecule has 0 aliphatic heterocycles. The quantitative estimate of drug-likeness (QED) is 0.760. The van der Waals surface area contributed by atoms with Crippen molar-refractivity contribution >= 4 is 20.9 Å². The van der Waals surface area contributed by atoms with Crippen LogP contribution in [0.15, 0.2) is 64.3 Å². The van der Waals surface area contributed by atoms with Gasteiger partial charge in [0.1, 0.15) is 5.82 Å². The van der Waals surface area contributed by atoms with E-state index in [9.17, 15) is 13.2 Å². The molecule has 7 heteroatoms. The Kier molecular flexibility index (Phi) is 4.46. The third-order valence-electron chi connectivity index (χ3n) is 3.77. The highest BCUT2D eigenvalue weighted by atomic mass is 32.2. The first-order valence-electron chi connectivity index (χ1n) is 7.48. The fourth-order valence-corrected chi connectivity index (χ4v) is 3.52. The topological polar surface area (TPSA) is 81.1 Å². The second-order valence-electron chi connectivity index (χ2n) is 5.37. The van der Waals surface area contributed by atoms with Gasteiger partial charge in [0.15, 0.2) is 0 Å². The van der Waals surface area contributed by atoms with E-state index in [0.29, 0.717) is 23.1 Å². The Bertz CT molecular complexity index is 1030. The van der Waals surface area contributed by atoms with Gasteiger partial charge in [-0.3, -0.25) is 9.36 Å². The summed E-state index contributed by atoms with van der Waals surface area (Å²) < 4.78 is 28.4. The number of nitrogens with one attached hydrogen (secondary N) is 1. The summed E-state index contributed by atoms with van der Waals surface area (Å²) in [5.74, 6) is 0.537. The molecule has 0 amide bonds. The van der Waals surface area contributed by atoms with Crippen LogP contribution < -0.4 is 10.3 Å². The molecule has 0 atom stereocenters. The molecule has 0 aliphatic carbocycles. The Morgan fingerprint density at radius 2 is 1.71 bits per heavy atom. The van der Waals surface area contributed by atoms with Gasteiger partial charge in [-0.15, -0.1) is 0 Å². The molecule has 124 valence electrons. The normalized spacial score (nSPS) is 11.7. The van der Waals surface area contributed by atoms with Crippen molar-refractivity contribution < 1.29 is 8.42 Å². The van der Waals surface area contributed by atoms with Gasteiger partial charge >= 0.3 is 0 Å². The van der Waals surface area contributed by atoms with Crippen molar-refractivity contribution in [1.82, 2.24) is 14.3 Å². The van der Waals surface area contributed by atoms with Gasteiger partial charge < -0.3 is 0 Å². The van der Waals surface area contributed by atoms with Crippen LogP contribution in [0.3, 0.4) is 0 Å². The molecule has 0 saturated carbocycles.